The molecule has 3 heterocycles. The second-order valence-corrected chi connectivity index (χ2v) is 7.58. The summed E-state index contributed by atoms with van der Waals surface area (Å²) in [6.45, 7) is 7.22. The maximum atomic E-state index is 13.1. The fourth-order valence-corrected chi connectivity index (χ4v) is 4.11. The number of carbonyl (C=O) groups excluding carboxylic acids is 1. The molecular weight excluding hydrogens is 364 g/mol. The summed E-state index contributed by atoms with van der Waals surface area (Å²) in [5, 5.41) is 3.24. The third-order valence-corrected chi connectivity index (χ3v) is 5.39. The summed E-state index contributed by atoms with van der Waals surface area (Å²) in [6, 6.07) is 14.4. The van der Waals surface area contributed by atoms with Gasteiger partial charge < -0.3 is 10.1 Å². The molecule has 1 N–H and O–H groups in total. The number of fused-ring (bicyclic) bond motifs is 1. The Labute approximate surface area is 171 Å². The summed E-state index contributed by atoms with van der Waals surface area (Å²) in [7, 11) is 0. The Kier molecular flexibility index (Phi) is 5.81. The van der Waals surface area contributed by atoms with Crippen molar-refractivity contribution in [3.63, 3.8) is 0 Å². The number of benzene rings is 1. The molecule has 0 unspecified atom stereocenters. The Bertz CT molecular complexity index is 983. The van der Waals surface area contributed by atoms with E-state index in [4.69, 9.17) is 4.74 Å². The van der Waals surface area contributed by atoms with E-state index in [1.54, 1.807) is 0 Å². The number of nitrogens with zero attached hydrogens (tertiary/aromatic N) is 3. The van der Waals surface area contributed by atoms with Gasteiger partial charge >= 0.3 is 0 Å². The zero-order chi connectivity index (χ0) is 20.2. The molecule has 6 heteroatoms. The number of hydrogen-bond donors (Lipinski definition) is 1. The molecule has 152 valence electrons. The van der Waals surface area contributed by atoms with Crippen LogP contribution in [0.3, 0.4) is 0 Å². The molecule has 2 aromatic heterocycles. The van der Waals surface area contributed by atoms with Gasteiger partial charge in [0.1, 0.15) is 5.69 Å². The largest absolute Gasteiger partial charge is 0.490 e. The Morgan fingerprint density at radius 2 is 2.07 bits per heavy atom. The number of aryl methyl sites for hydroxylation is 1. The standard InChI is InChI=1S/C23H28N4O2/c1-3-29-20-12-8-14-27-21(17(2)24-22(20)27)23(28)25-19-11-7-13-26(16-19)15-18-9-5-4-6-10-18/h4-6,8-10,12,14,19H,3,7,11,13,15-16H2,1-2H3,(H,25,28)/t19-/m0/s1. The molecular formula is C23H28N4O2. The summed E-state index contributed by atoms with van der Waals surface area (Å²) in [5.74, 6) is 0.624. The SMILES string of the molecule is CCOc1cccn2c(C(=O)N[C@H]3CCCN(Cc4ccccc4)C3)c(C)nc12. The molecule has 1 aliphatic heterocycles. The quantitative estimate of drug-likeness (QED) is 0.698. The van der Waals surface area contributed by atoms with Crippen molar-refractivity contribution in [2.45, 2.75) is 39.3 Å². The lowest BCUT2D eigenvalue weighted by molar-refractivity contribution is 0.0894. The molecule has 0 saturated carbocycles. The Balaban J connectivity index is 1.48. The van der Waals surface area contributed by atoms with Crippen LogP contribution in [0.1, 0.15) is 41.5 Å². The van der Waals surface area contributed by atoms with E-state index in [1.807, 2.05) is 42.6 Å². The monoisotopic (exact) mass is 392 g/mol. The number of imidazole rings is 1. The van der Waals surface area contributed by atoms with Gasteiger partial charge in [-0.15, -0.1) is 0 Å². The zero-order valence-corrected chi connectivity index (χ0v) is 17.1. The van der Waals surface area contributed by atoms with Gasteiger partial charge in [0, 0.05) is 25.3 Å². The van der Waals surface area contributed by atoms with Crippen LogP contribution in [0.5, 0.6) is 5.75 Å². The third kappa shape index (κ3) is 4.27. The second kappa shape index (κ2) is 8.66. The fraction of sp³-hybridized carbons (Fsp3) is 0.391. The van der Waals surface area contributed by atoms with E-state index in [0.717, 1.165) is 32.5 Å². The van der Waals surface area contributed by atoms with E-state index in [1.165, 1.54) is 5.56 Å². The average molecular weight is 393 g/mol. The van der Waals surface area contributed by atoms with E-state index in [0.29, 0.717) is 29.4 Å². The number of likely N-dealkylation sites (tertiary alicyclic amines) is 1. The number of hydrogen-bond acceptors (Lipinski definition) is 4. The normalized spacial score (nSPS) is 17.4. The molecule has 0 radical (unpaired) electrons. The number of amides is 1. The van der Waals surface area contributed by atoms with Crippen LogP contribution in [0.25, 0.3) is 5.65 Å². The van der Waals surface area contributed by atoms with E-state index in [2.05, 4.69) is 39.5 Å². The molecule has 3 aromatic rings. The minimum Gasteiger partial charge on any atom is -0.490 e. The van der Waals surface area contributed by atoms with Crippen LogP contribution >= 0.6 is 0 Å². The van der Waals surface area contributed by atoms with Crippen molar-refractivity contribution in [3.05, 3.63) is 65.6 Å². The average Bonchev–Trinajstić information content (AvgIpc) is 3.06. The van der Waals surface area contributed by atoms with Crippen molar-refractivity contribution in [2.24, 2.45) is 0 Å². The lowest BCUT2D eigenvalue weighted by Gasteiger charge is -2.33. The van der Waals surface area contributed by atoms with E-state index < -0.39 is 0 Å². The third-order valence-electron chi connectivity index (χ3n) is 5.39. The lowest BCUT2D eigenvalue weighted by Crippen LogP contribution is -2.47. The highest BCUT2D eigenvalue weighted by molar-refractivity contribution is 5.95. The Morgan fingerprint density at radius 1 is 1.24 bits per heavy atom. The van der Waals surface area contributed by atoms with Crippen molar-refractivity contribution < 1.29 is 9.53 Å². The van der Waals surface area contributed by atoms with Gasteiger partial charge in [0.05, 0.1) is 12.3 Å². The molecule has 4 rings (SSSR count). The van der Waals surface area contributed by atoms with Gasteiger partial charge in [-0.25, -0.2) is 4.98 Å². The molecule has 0 aliphatic carbocycles. The number of rotatable bonds is 6. The summed E-state index contributed by atoms with van der Waals surface area (Å²) >= 11 is 0. The number of aromatic nitrogens is 2. The summed E-state index contributed by atoms with van der Waals surface area (Å²) in [6.07, 6.45) is 3.95. The highest BCUT2D eigenvalue weighted by atomic mass is 16.5. The number of pyridine rings is 1. The van der Waals surface area contributed by atoms with Crippen molar-refractivity contribution in [1.82, 2.24) is 19.6 Å². The number of nitrogens with one attached hydrogen (secondary N) is 1. The second-order valence-electron chi connectivity index (χ2n) is 7.58. The number of carbonyl (C=O) groups is 1. The molecule has 6 nitrogen and oxygen atoms in total. The lowest BCUT2D eigenvalue weighted by atomic mass is 10.0. The topological polar surface area (TPSA) is 58.9 Å². The first kappa shape index (κ1) is 19.5. The predicted molar refractivity (Wildman–Crippen MR) is 113 cm³/mol. The maximum Gasteiger partial charge on any atom is 0.270 e. The van der Waals surface area contributed by atoms with Crippen molar-refractivity contribution >= 4 is 11.6 Å². The summed E-state index contributed by atoms with van der Waals surface area (Å²) in [5.41, 5.74) is 3.29. The van der Waals surface area contributed by atoms with Crippen molar-refractivity contribution in [2.75, 3.05) is 19.7 Å². The van der Waals surface area contributed by atoms with Gasteiger partial charge in [0.2, 0.25) is 0 Å². The fourth-order valence-electron chi connectivity index (χ4n) is 4.11. The first-order valence-electron chi connectivity index (χ1n) is 10.3. The van der Waals surface area contributed by atoms with Crippen LogP contribution in [-0.4, -0.2) is 45.9 Å². The van der Waals surface area contributed by atoms with Gasteiger partial charge in [-0.05, 0) is 50.9 Å². The number of piperidine rings is 1. The molecule has 1 atom stereocenters. The van der Waals surface area contributed by atoms with Gasteiger partial charge in [-0.1, -0.05) is 30.3 Å². The number of ether oxygens (including phenoxy) is 1. The van der Waals surface area contributed by atoms with Crippen LogP contribution in [-0.2, 0) is 6.54 Å². The van der Waals surface area contributed by atoms with Gasteiger partial charge in [-0.3, -0.25) is 14.1 Å². The Hall–Kier alpha value is -2.86. The first-order valence-corrected chi connectivity index (χ1v) is 10.3. The van der Waals surface area contributed by atoms with Crippen LogP contribution in [0, 0.1) is 6.92 Å². The van der Waals surface area contributed by atoms with Crippen LogP contribution < -0.4 is 10.1 Å². The molecule has 1 aromatic carbocycles. The highest BCUT2D eigenvalue weighted by Gasteiger charge is 2.25. The van der Waals surface area contributed by atoms with Crippen LogP contribution in [0.4, 0.5) is 0 Å². The van der Waals surface area contributed by atoms with E-state index in [-0.39, 0.29) is 11.9 Å². The van der Waals surface area contributed by atoms with E-state index >= 15 is 0 Å². The van der Waals surface area contributed by atoms with Crippen LogP contribution in [0.2, 0.25) is 0 Å². The highest BCUT2D eigenvalue weighted by Crippen LogP contribution is 2.22. The van der Waals surface area contributed by atoms with E-state index in [9.17, 15) is 4.79 Å². The first-order chi connectivity index (χ1) is 14.2. The molecule has 1 fully saturated rings. The molecule has 1 saturated heterocycles. The molecule has 1 amide bonds. The zero-order valence-electron chi connectivity index (χ0n) is 17.1. The smallest absolute Gasteiger partial charge is 0.270 e. The molecule has 1 aliphatic rings. The summed E-state index contributed by atoms with van der Waals surface area (Å²) in [4.78, 5) is 20.1. The van der Waals surface area contributed by atoms with Crippen molar-refractivity contribution in [1.29, 1.82) is 0 Å². The minimum absolute atomic E-state index is 0.0739. The minimum atomic E-state index is -0.0739. The molecule has 29 heavy (non-hydrogen) atoms. The molecule has 0 spiro atoms. The molecule has 0 bridgehead atoms. The predicted octanol–water partition coefficient (Wildman–Crippen LogP) is 3.44. The van der Waals surface area contributed by atoms with Gasteiger partial charge in [-0.2, -0.15) is 0 Å². The summed E-state index contributed by atoms with van der Waals surface area (Å²) < 4.78 is 7.50. The maximum absolute atomic E-state index is 13.1. The van der Waals surface area contributed by atoms with Crippen molar-refractivity contribution in [3.8, 4) is 5.75 Å². The van der Waals surface area contributed by atoms with Gasteiger partial charge in [0.15, 0.2) is 11.4 Å². The van der Waals surface area contributed by atoms with Gasteiger partial charge in [0.25, 0.3) is 5.91 Å². The Morgan fingerprint density at radius 3 is 2.86 bits per heavy atom. The van der Waals surface area contributed by atoms with Crippen LogP contribution in [0.15, 0.2) is 48.7 Å².